The van der Waals surface area contributed by atoms with E-state index in [4.69, 9.17) is 0 Å². The van der Waals surface area contributed by atoms with E-state index in [2.05, 4.69) is 11.1 Å². The van der Waals surface area contributed by atoms with Crippen molar-refractivity contribution < 1.29 is 0 Å². The maximum atomic E-state index is 4.13. The number of hydrogen-bond donors (Lipinski definition) is 0. The molecular formula is C9H15NS. The number of hydrogen-bond acceptors (Lipinski definition) is 2. The summed E-state index contributed by atoms with van der Waals surface area (Å²) in [5, 5.41) is 0. The molecule has 1 aromatic heterocycles. The largest absolute Gasteiger partial charge is 0.260 e. The Kier molecular flexibility index (Phi) is 5.94. The Labute approximate surface area is 73.2 Å². The van der Waals surface area contributed by atoms with Crippen molar-refractivity contribution in [2.45, 2.75) is 25.7 Å². The molecule has 0 spiro atoms. The van der Waals surface area contributed by atoms with Crippen molar-refractivity contribution in [2.24, 2.45) is 0 Å². The highest BCUT2D eigenvalue weighted by Gasteiger charge is 1.86. The van der Waals surface area contributed by atoms with Crippen LogP contribution in [0.15, 0.2) is 23.2 Å². The summed E-state index contributed by atoms with van der Waals surface area (Å²) in [5.74, 6) is 0. The van der Waals surface area contributed by atoms with E-state index in [1.807, 2.05) is 39.3 Å². The van der Waals surface area contributed by atoms with Gasteiger partial charge in [-0.25, -0.2) is 0 Å². The van der Waals surface area contributed by atoms with Gasteiger partial charge in [-0.05, 0) is 25.3 Å². The van der Waals surface area contributed by atoms with Crippen molar-refractivity contribution in [3.8, 4) is 0 Å². The Morgan fingerprint density at radius 3 is 2.27 bits per heavy atom. The van der Waals surface area contributed by atoms with Gasteiger partial charge in [0.2, 0.25) is 0 Å². The standard InChI is InChI=1S/C7H9NS.C2H6/c1-6-3-4-7(9-2)5-8-6;1-2/h3-5H,1-2H3;1-2H3. The summed E-state index contributed by atoms with van der Waals surface area (Å²) in [6.07, 6.45) is 3.94. The molecule has 0 fully saturated rings. The summed E-state index contributed by atoms with van der Waals surface area (Å²) in [6.45, 7) is 5.99. The van der Waals surface area contributed by atoms with Crippen molar-refractivity contribution in [3.63, 3.8) is 0 Å². The minimum atomic E-state index is 1.08. The molecule has 0 amide bonds. The molecule has 0 atom stereocenters. The number of nitrogens with zero attached hydrogens (tertiary/aromatic N) is 1. The van der Waals surface area contributed by atoms with Crippen LogP contribution in [0.1, 0.15) is 19.5 Å². The molecule has 1 nitrogen and oxygen atoms in total. The van der Waals surface area contributed by atoms with Gasteiger partial charge in [-0.3, -0.25) is 4.98 Å². The second kappa shape index (κ2) is 6.23. The van der Waals surface area contributed by atoms with E-state index in [-0.39, 0.29) is 0 Å². The van der Waals surface area contributed by atoms with Gasteiger partial charge in [-0.2, -0.15) is 0 Å². The van der Waals surface area contributed by atoms with Crippen LogP contribution in [0.4, 0.5) is 0 Å². The molecule has 0 N–H and O–H groups in total. The number of aryl methyl sites for hydroxylation is 1. The fourth-order valence-electron chi connectivity index (χ4n) is 0.575. The van der Waals surface area contributed by atoms with E-state index in [0.29, 0.717) is 0 Å². The highest BCUT2D eigenvalue weighted by molar-refractivity contribution is 7.98. The summed E-state index contributed by atoms with van der Waals surface area (Å²) in [5.41, 5.74) is 1.08. The molecular weight excluding hydrogens is 154 g/mol. The first-order chi connectivity index (χ1) is 5.33. The molecule has 0 aliphatic heterocycles. The molecule has 2 heteroatoms. The van der Waals surface area contributed by atoms with E-state index < -0.39 is 0 Å². The van der Waals surface area contributed by atoms with Crippen LogP contribution >= 0.6 is 11.8 Å². The zero-order valence-corrected chi connectivity index (χ0v) is 8.40. The van der Waals surface area contributed by atoms with Gasteiger partial charge in [0.25, 0.3) is 0 Å². The molecule has 0 bridgehead atoms. The summed E-state index contributed by atoms with van der Waals surface area (Å²) in [4.78, 5) is 5.35. The van der Waals surface area contributed by atoms with Crippen molar-refractivity contribution in [3.05, 3.63) is 24.0 Å². The van der Waals surface area contributed by atoms with Gasteiger partial charge in [0.15, 0.2) is 0 Å². The minimum absolute atomic E-state index is 1.08. The van der Waals surface area contributed by atoms with Crippen molar-refractivity contribution >= 4 is 11.8 Å². The highest BCUT2D eigenvalue weighted by Crippen LogP contribution is 2.11. The highest BCUT2D eigenvalue weighted by atomic mass is 32.2. The van der Waals surface area contributed by atoms with Gasteiger partial charge in [-0.15, -0.1) is 11.8 Å². The van der Waals surface area contributed by atoms with Crippen LogP contribution < -0.4 is 0 Å². The monoisotopic (exact) mass is 169 g/mol. The van der Waals surface area contributed by atoms with E-state index in [1.54, 1.807) is 11.8 Å². The number of rotatable bonds is 1. The lowest BCUT2D eigenvalue weighted by atomic mass is 10.4. The zero-order valence-electron chi connectivity index (χ0n) is 7.59. The summed E-state index contributed by atoms with van der Waals surface area (Å²) < 4.78 is 0. The summed E-state index contributed by atoms with van der Waals surface area (Å²) in [6, 6.07) is 4.10. The van der Waals surface area contributed by atoms with Gasteiger partial charge in [0.1, 0.15) is 0 Å². The quantitative estimate of drug-likeness (QED) is 0.599. The van der Waals surface area contributed by atoms with Crippen molar-refractivity contribution in [1.82, 2.24) is 4.98 Å². The SMILES string of the molecule is CC.CSc1ccc(C)nc1. The summed E-state index contributed by atoms with van der Waals surface area (Å²) >= 11 is 1.72. The predicted molar refractivity (Wildman–Crippen MR) is 52.1 cm³/mol. The van der Waals surface area contributed by atoms with Crippen LogP contribution in [-0.4, -0.2) is 11.2 Å². The van der Waals surface area contributed by atoms with Gasteiger partial charge < -0.3 is 0 Å². The lowest BCUT2D eigenvalue weighted by molar-refractivity contribution is 1.15. The van der Waals surface area contributed by atoms with Gasteiger partial charge >= 0.3 is 0 Å². The van der Waals surface area contributed by atoms with Crippen LogP contribution in [0.25, 0.3) is 0 Å². The molecule has 1 aromatic rings. The van der Waals surface area contributed by atoms with Crippen LogP contribution in [0.2, 0.25) is 0 Å². The number of aromatic nitrogens is 1. The van der Waals surface area contributed by atoms with E-state index in [1.165, 1.54) is 4.90 Å². The molecule has 0 aromatic carbocycles. The first kappa shape index (κ1) is 10.5. The molecule has 0 radical (unpaired) electrons. The average molecular weight is 169 g/mol. The fourth-order valence-corrected chi connectivity index (χ4v) is 0.937. The third kappa shape index (κ3) is 4.04. The van der Waals surface area contributed by atoms with Gasteiger partial charge in [-0.1, -0.05) is 13.8 Å². The van der Waals surface area contributed by atoms with Crippen molar-refractivity contribution in [1.29, 1.82) is 0 Å². The van der Waals surface area contributed by atoms with Gasteiger partial charge in [0.05, 0.1) is 0 Å². The van der Waals surface area contributed by atoms with E-state index >= 15 is 0 Å². The van der Waals surface area contributed by atoms with Crippen LogP contribution in [0, 0.1) is 6.92 Å². The smallest absolute Gasteiger partial charge is 0.0406 e. The summed E-state index contributed by atoms with van der Waals surface area (Å²) in [7, 11) is 0. The molecule has 1 heterocycles. The Morgan fingerprint density at radius 2 is 1.91 bits per heavy atom. The van der Waals surface area contributed by atoms with Crippen LogP contribution in [0.3, 0.4) is 0 Å². The Hall–Kier alpha value is -0.500. The topological polar surface area (TPSA) is 12.9 Å². The lowest BCUT2D eigenvalue weighted by Gasteiger charge is -1.93. The minimum Gasteiger partial charge on any atom is -0.260 e. The number of pyridine rings is 1. The maximum absolute atomic E-state index is 4.13. The Balaban J connectivity index is 0.000000461. The molecule has 0 unspecified atom stereocenters. The molecule has 11 heavy (non-hydrogen) atoms. The predicted octanol–water partition coefficient (Wildman–Crippen LogP) is 3.14. The zero-order chi connectivity index (χ0) is 8.69. The molecule has 0 aliphatic rings. The Morgan fingerprint density at radius 1 is 1.27 bits per heavy atom. The molecule has 62 valence electrons. The normalized spacial score (nSPS) is 8.36. The lowest BCUT2D eigenvalue weighted by Crippen LogP contribution is -1.77. The third-order valence-electron chi connectivity index (χ3n) is 1.12. The van der Waals surface area contributed by atoms with E-state index in [9.17, 15) is 0 Å². The molecule has 0 saturated carbocycles. The van der Waals surface area contributed by atoms with Crippen LogP contribution in [-0.2, 0) is 0 Å². The maximum Gasteiger partial charge on any atom is 0.0406 e. The third-order valence-corrected chi connectivity index (χ3v) is 1.83. The number of thioether (sulfide) groups is 1. The first-order valence-electron chi connectivity index (χ1n) is 3.79. The average Bonchev–Trinajstić information content (AvgIpc) is 2.10. The molecule has 0 aliphatic carbocycles. The second-order valence-corrected chi connectivity index (χ2v) is 2.72. The van der Waals surface area contributed by atoms with E-state index in [0.717, 1.165) is 5.69 Å². The van der Waals surface area contributed by atoms with Crippen LogP contribution in [0.5, 0.6) is 0 Å². The Bertz CT molecular complexity index is 181. The van der Waals surface area contributed by atoms with Crippen molar-refractivity contribution in [2.75, 3.05) is 6.26 Å². The van der Waals surface area contributed by atoms with Gasteiger partial charge in [0, 0.05) is 16.8 Å². The molecule has 1 rings (SSSR count). The fraction of sp³-hybridized carbons (Fsp3) is 0.444. The first-order valence-corrected chi connectivity index (χ1v) is 5.02. The second-order valence-electron chi connectivity index (χ2n) is 1.84. The molecule has 0 saturated heterocycles.